The van der Waals surface area contributed by atoms with Crippen LogP contribution in [0.15, 0.2) is 30.3 Å². The molecule has 0 aromatic heterocycles. The first kappa shape index (κ1) is 15.3. The molecule has 0 saturated carbocycles. The molecule has 0 atom stereocenters. The first-order valence-electron chi connectivity index (χ1n) is 6.10. The van der Waals surface area contributed by atoms with E-state index in [-0.39, 0.29) is 10.6 Å². The van der Waals surface area contributed by atoms with Gasteiger partial charge in [-0.3, -0.25) is 15.0 Å². The van der Waals surface area contributed by atoms with Gasteiger partial charge in [-0.1, -0.05) is 24.3 Å². The van der Waals surface area contributed by atoms with E-state index in [0.29, 0.717) is 18.7 Å². The van der Waals surface area contributed by atoms with Crippen LogP contribution in [0.5, 0.6) is 0 Å². The van der Waals surface area contributed by atoms with Gasteiger partial charge >= 0.3 is 0 Å². The van der Waals surface area contributed by atoms with E-state index in [2.05, 4.69) is 0 Å². The van der Waals surface area contributed by atoms with E-state index in [1.807, 2.05) is 18.0 Å². The molecule has 5 heteroatoms. The lowest BCUT2D eigenvalue weighted by Crippen LogP contribution is -2.36. The highest BCUT2D eigenvalue weighted by Crippen LogP contribution is 2.18. The summed E-state index contributed by atoms with van der Waals surface area (Å²) in [7, 11) is 1.89. The monoisotopic (exact) mass is 264 g/mol. The summed E-state index contributed by atoms with van der Waals surface area (Å²) in [5, 5.41) is 20.5. The zero-order valence-corrected chi connectivity index (χ0v) is 11.5. The Morgan fingerprint density at radius 2 is 2.05 bits per heavy atom. The molecule has 5 nitrogen and oxygen atoms in total. The Labute approximate surface area is 113 Å². The number of likely N-dealkylation sites (N-methyl/N-ethyl adjacent to an activating group) is 1. The normalized spacial score (nSPS) is 12.3. The Morgan fingerprint density at radius 1 is 1.42 bits per heavy atom. The molecule has 0 aliphatic rings. The van der Waals surface area contributed by atoms with Gasteiger partial charge in [-0.25, -0.2) is 0 Å². The van der Waals surface area contributed by atoms with E-state index in [1.54, 1.807) is 38.1 Å². The van der Waals surface area contributed by atoms with Crippen LogP contribution in [-0.4, -0.2) is 40.7 Å². The van der Waals surface area contributed by atoms with Gasteiger partial charge in [0.2, 0.25) is 0 Å². The third-order valence-electron chi connectivity index (χ3n) is 2.50. The predicted molar refractivity (Wildman–Crippen MR) is 75.9 cm³/mol. The van der Waals surface area contributed by atoms with E-state index in [0.717, 1.165) is 0 Å². The van der Waals surface area contributed by atoms with Crippen molar-refractivity contribution in [3.05, 3.63) is 46.0 Å². The molecule has 0 saturated heterocycles. The summed E-state index contributed by atoms with van der Waals surface area (Å²) < 4.78 is 0. The van der Waals surface area contributed by atoms with Crippen LogP contribution in [-0.2, 0) is 0 Å². The smallest absolute Gasteiger partial charge is 0.276 e. The number of nitro benzene ring substituents is 1. The highest BCUT2D eigenvalue weighted by molar-refractivity contribution is 5.60. The topological polar surface area (TPSA) is 66.6 Å². The summed E-state index contributed by atoms with van der Waals surface area (Å²) in [6.07, 6.45) is 3.59. The van der Waals surface area contributed by atoms with Crippen molar-refractivity contribution in [3.63, 3.8) is 0 Å². The van der Waals surface area contributed by atoms with Crippen LogP contribution in [0.4, 0.5) is 5.69 Å². The maximum atomic E-state index is 10.8. The van der Waals surface area contributed by atoms with Gasteiger partial charge in [0.15, 0.2) is 0 Å². The molecule has 0 bridgehead atoms. The molecule has 19 heavy (non-hydrogen) atoms. The van der Waals surface area contributed by atoms with Crippen LogP contribution in [0.1, 0.15) is 19.4 Å². The van der Waals surface area contributed by atoms with E-state index in [4.69, 9.17) is 0 Å². The lowest BCUT2D eigenvalue weighted by molar-refractivity contribution is -0.385. The average Bonchev–Trinajstić information content (AvgIpc) is 2.27. The van der Waals surface area contributed by atoms with Crippen LogP contribution in [0.25, 0.3) is 6.08 Å². The Balaban J connectivity index is 2.65. The minimum Gasteiger partial charge on any atom is -0.389 e. The van der Waals surface area contributed by atoms with Gasteiger partial charge in [0.25, 0.3) is 5.69 Å². The van der Waals surface area contributed by atoms with Crippen molar-refractivity contribution in [3.8, 4) is 0 Å². The second kappa shape index (κ2) is 6.45. The third kappa shape index (κ3) is 5.63. The molecule has 1 aromatic carbocycles. The first-order chi connectivity index (χ1) is 8.79. The number of hydrogen-bond donors (Lipinski definition) is 1. The van der Waals surface area contributed by atoms with Crippen LogP contribution in [0.2, 0.25) is 0 Å². The fourth-order valence-corrected chi connectivity index (χ4v) is 1.88. The molecule has 0 fully saturated rings. The molecule has 0 amide bonds. The predicted octanol–water partition coefficient (Wildman–Crippen LogP) is 2.31. The Bertz CT molecular complexity index is 464. The molecule has 104 valence electrons. The minimum atomic E-state index is -0.749. The van der Waals surface area contributed by atoms with Gasteiger partial charge in [0, 0.05) is 19.2 Å². The molecular formula is C14H20N2O3. The Hall–Kier alpha value is -1.72. The van der Waals surface area contributed by atoms with Crippen LogP contribution in [0.3, 0.4) is 0 Å². The van der Waals surface area contributed by atoms with Crippen molar-refractivity contribution in [2.75, 3.05) is 20.1 Å². The van der Waals surface area contributed by atoms with Gasteiger partial charge < -0.3 is 5.11 Å². The average molecular weight is 264 g/mol. The number of benzene rings is 1. The SMILES string of the molecule is CN(C/C=C/c1ccccc1[N+](=O)[O-])CC(C)(C)O. The minimum absolute atomic E-state index is 0.101. The number of rotatable bonds is 6. The molecule has 0 spiro atoms. The zero-order chi connectivity index (χ0) is 14.5. The molecule has 0 aliphatic heterocycles. The zero-order valence-electron chi connectivity index (χ0n) is 11.5. The number of nitrogens with zero attached hydrogens (tertiary/aromatic N) is 2. The van der Waals surface area contributed by atoms with Gasteiger partial charge in [0.05, 0.1) is 16.1 Å². The second-order valence-electron chi connectivity index (χ2n) is 5.23. The summed E-state index contributed by atoms with van der Waals surface area (Å²) in [6, 6.07) is 6.62. The molecule has 1 N–H and O–H groups in total. The molecule has 0 unspecified atom stereocenters. The van der Waals surface area contributed by atoms with Crippen molar-refractivity contribution in [2.45, 2.75) is 19.4 Å². The van der Waals surface area contributed by atoms with Crippen molar-refractivity contribution in [2.24, 2.45) is 0 Å². The summed E-state index contributed by atoms with van der Waals surface area (Å²) >= 11 is 0. The van der Waals surface area contributed by atoms with E-state index in [9.17, 15) is 15.2 Å². The quantitative estimate of drug-likeness (QED) is 0.632. The number of nitro groups is 1. The van der Waals surface area contributed by atoms with Crippen molar-refractivity contribution in [1.82, 2.24) is 4.90 Å². The van der Waals surface area contributed by atoms with Crippen molar-refractivity contribution in [1.29, 1.82) is 0 Å². The molecule has 0 aliphatic carbocycles. The lowest BCUT2D eigenvalue weighted by Gasteiger charge is -2.24. The van der Waals surface area contributed by atoms with E-state index < -0.39 is 5.60 Å². The highest BCUT2D eigenvalue weighted by Gasteiger charge is 2.14. The molecule has 1 aromatic rings. The summed E-state index contributed by atoms with van der Waals surface area (Å²) in [5.74, 6) is 0. The maximum Gasteiger partial charge on any atom is 0.276 e. The highest BCUT2D eigenvalue weighted by atomic mass is 16.6. The van der Waals surface area contributed by atoms with Crippen molar-refractivity contribution >= 4 is 11.8 Å². The standard InChI is InChI=1S/C14H20N2O3/c1-14(2,17)11-15(3)10-6-8-12-7-4-5-9-13(12)16(18)19/h4-9,17H,10-11H2,1-3H3/b8-6+. The van der Waals surface area contributed by atoms with Crippen LogP contribution in [0, 0.1) is 10.1 Å². The number of para-hydroxylation sites is 1. The lowest BCUT2D eigenvalue weighted by atomic mass is 10.1. The summed E-state index contributed by atoms with van der Waals surface area (Å²) in [5.41, 5.74) is -0.0607. The third-order valence-corrected chi connectivity index (χ3v) is 2.50. The maximum absolute atomic E-state index is 10.8. The molecular weight excluding hydrogens is 244 g/mol. The van der Waals surface area contributed by atoms with Crippen LogP contribution < -0.4 is 0 Å². The van der Waals surface area contributed by atoms with Gasteiger partial charge in [-0.2, -0.15) is 0 Å². The van der Waals surface area contributed by atoms with Crippen LogP contribution >= 0.6 is 0 Å². The first-order valence-corrected chi connectivity index (χ1v) is 6.10. The molecule has 0 radical (unpaired) electrons. The fraction of sp³-hybridized carbons (Fsp3) is 0.429. The summed E-state index contributed by atoms with van der Waals surface area (Å²) in [4.78, 5) is 12.4. The Kier molecular flexibility index (Phi) is 5.20. The van der Waals surface area contributed by atoms with Crippen molar-refractivity contribution < 1.29 is 10.0 Å². The molecule has 1 rings (SSSR count). The second-order valence-corrected chi connectivity index (χ2v) is 5.23. The van der Waals surface area contributed by atoms with Gasteiger partial charge in [0.1, 0.15) is 0 Å². The van der Waals surface area contributed by atoms with Gasteiger partial charge in [-0.15, -0.1) is 0 Å². The number of hydrogen-bond acceptors (Lipinski definition) is 4. The van der Waals surface area contributed by atoms with E-state index >= 15 is 0 Å². The largest absolute Gasteiger partial charge is 0.389 e. The number of aliphatic hydroxyl groups is 1. The molecule has 0 heterocycles. The Morgan fingerprint density at radius 3 is 2.63 bits per heavy atom. The van der Waals surface area contributed by atoms with E-state index in [1.165, 1.54) is 6.07 Å². The van der Waals surface area contributed by atoms with Gasteiger partial charge in [-0.05, 0) is 27.0 Å². The summed E-state index contributed by atoms with van der Waals surface area (Å²) in [6.45, 7) is 4.65. The fourth-order valence-electron chi connectivity index (χ4n) is 1.88.